The lowest BCUT2D eigenvalue weighted by Gasteiger charge is -2.20. The number of carbonyl (C=O) groups excluding carboxylic acids is 2. The van der Waals surface area contributed by atoms with Crippen LogP contribution in [0.3, 0.4) is 0 Å². The molecule has 2 fully saturated rings. The van der Waals surface area contributed by atoms with Crippen LogP contribution in [0.25, 0.3) is 0 Å². The fourth-order valence-corrected chi connectivity index (χ4v) is 7.37. The maximum atomic E-state index is 14.7. The highest BCUT2D eigenvalue weighted by atomic mass is 32.2. The Kier molecular flexibility index (Phi) is 5.45. The van der Waals surface area contributed by atoms with Crippen molar-refractivity contribution in [1.29, 1.82) is 0 Å². The number of sulfone groups is 1. The fraction of sp³-hybridized carbons (Fsp3) is 0.133. The molecule has 2 aliphatic heterocycles. The second kappa shape index (κ2) is 8.59. The van der Waals surface area contributed by atoms with E-state index in [4.69, 9.17) is 9.47 Å². The first-order chi connectivity index (χ1) is 17.9. The molecule has 2 aliphatic rings. The monoisotopic (exact) mass is 510 g/mol. The predicted molar refractivity (Wildman–Crippen MR) is 136 cm³/mol. The van der Waals surface area contributed by atoms with Crippen LogP contribution in [-0.2, 0) is 19.3 Å². The molecule has 0 N–H and O–H groups in total. The number of carbonyl (C=O) groups is 2. The van der Waals surface area contributed by atoms with Crippen molar-refractivity contribution in [2.75, 3.05) is 0 Å². The lowest BCUT2D eigenvalue weighted by Crippen LogP contribution is -2.48. The van der Waals surface area contributed by atoms with Crippen LogP contribution in [0, 0.1) is 0 Å². The third kappa shape index (κ3) is 3.43. The smallest absolute Gasteiger partial charge is 0.267 e. The molecule has 0 amide bonds. The van der Waals surface area contributed by atoms with Gasteiger partial charge < -0.3 is 9.47 Å². The van der Waals surface area contributed by atoms with Crippen LogP contribution in [0.4, 0.5) is 0 Å². The molecule has 0 aromatic heterocycles. The number of rotatable bonds is 8. The Balaban J connectivity index is 1.54. The first-order valence-corrected chi connectivity index (χ1v) is 13.3. The third-order valence-corrected chi connectivity index (χ3v) is 9.46. The van der Waals surface area contributed by atoms with Gasteiger partial charge in [-0.3, -0.25) is 9.59 Å². The van der Waals surface area contributed by atoms with E-state index in [1.165, 1.54) is 24.3 Å². The molecule has 4 aromatic carbocycles. The van der Waals surface area contributed by atoms with Crippen molar-refractivity contribution in [3.63, 3.8) is 0 Å². The Bertz CT molecular complexity index is 1460. The zero-order valence-corrected chi connectivity index (χ0v) is 20.4. The van der Waals surface area contributed by atoms with Gasteiger partial charge in [0.05, 0.1) is 0 Å². The summed E-state index contributed by atoms with van der Waals surface area (Å²) in [5.74, 6) is -1.46. The van der Waals surface area contributed by atoms with Crippen LogP contribution >= 0.6 is 0 Å². The van der Waals surface area contributed by atoms with E-state index in [0.717, 1.165) is 0 Å². The minimum Gasteiger partial charge on any atom is -0.337 e. The number of hydrogen-bond donors (Lipinski definition) is 0. The summed E-state index contributed by atoms with van der Waals surface area (Å²) >= 11 is 0. The van der Waals surface area contributed by atoms with Crippen molar-refractivity contribution in [2.45, 2.75) is 22.1 Å². The molecule has 0 aliphatic carbocycles. The highest BCUT2D eigenvalue weighted by Gasteiger charge is 2.85. The van der Waals surface area contributed by atoms with Crippen molar-refractivity contribution in [1.82, 2.24) is 0 Å². The standard InChI is InChI=1S/C30H22O6S/c31-25(21-13-5-1-6-14-21)29(27(35-29)23-17-9-3-10-18-23)37(33,34)30(26(32)22-15-7-2-8-16-22)28(36-30)24-19-11-4-12-20-24/h1-20,27-28H. The van der Waals surface area contributed by atoms with Crippen LogP contribution < -0.4 is 0 Å². The molecule has 7 heteroatoms. The highest BCUT2D eigenvalue weighted by molar-refractivity contribution is 7.96. The van der Waals surface area contributed by atoms with Crippen molar-refractivity contribution in [3.05, 3.63) is 144 Å². The van der Waals surface area contributed by atoms with Gasteiger partial charge in [-0.05, 0) is 11.1 Å². The number of ketones is 2. The summed E-state index contributed by atoms with van der Waals surface area (Å²) in [6.07, 6.45) is -2.18. The molecule has 4 atom stereocenters. The van der Waals surface area contributed by atoms with Gasteiger partial charge in [0, 0.05) is 11.1 Å². The Labute approximate surface area is 214 Å². The molecule has 6 rings (SSSR count). The van der Waals surface area contributed by atoms with Crippen LogP contribution in [-0.4, -0.2) is 29.9 Å². The zero-order valence-electron chi connectivity index (χ0n) is 19.6. The van der Waals surface area contributed by atoms with Gasteiger partial charge >= 0.3 is 0 Å². The average molecular weight is 511 g/mol. The van der Waals surface area contributed by atoms with Crippen LogP contribution in [0.1, 0.15) is 44.1 Å². The summed E-state index contributed by atoms with van der Waals surface area (Å²) < 4.78 is 41.2. The van der Waals surface area contributed by atoms with E-state index >= 15 is 0 Å². The van der Waals surface area contributed by atoms with Gasteiger partial charge in [-0.1, -0.05) is 121 Å². The van der Waals surface area contributed by atoms with E-state index in [1.807, 2.05) is 0 Å². The highest BCUT2D eigenvalue weighted by Crippen LogP contribution is 2.66. The molecule has 4 aromatic rings. The molecule has 2 saturated heterocycles. The molecule has 184 valence electrons. The van der Waals surface area contributed by atoms with Crippen molar-refractivity contribution < 1.29 is 27.5 Å². The largest absolute Gasteiger partial charge is 0.337 e. The van der Waals surface area contributed by atoms with Gasteiger partial charge in [-0.2, -0.15) is 0 Å². The summed E-state index contributed by atoms with van der Waals surface area (Å²) in [6, 6.07) is 33.6. The maximum Gasteiger partial charge on any atom is 0.267 e. The lowest BCUT2D eigenvalue weighted by atomic mass is 10.0. The Morgan fingerprint density at radius 3 is 1.14 bits per heavy atom. The number of epoxide rings is 2. The van der Waals surface area contributed by atoms with E-state index in [0.29, 0.717) is 11.1 Å². The first-order valence-electron chi connectivity index (χ1n) is 11.8. The maximum absolute atomic E-state index is 14.7. The van der Waals surface area contributed by atoms with E-state index in [2.05, 4.69) is 0 Å². The van der Waals surface area contributed by atoms with Crippen LogP contribution in [0.2, 0.25) is 0 Å². The molecular formula is C30H22O6S. The summed E-state index contributed by atoms with van der Waals surface area (Å²) in [4.78, 5) is 23.3. The van der Waals surface area contributed by atoms with E-state index in [1.54, 1.807) is 97.1 Å². The topological polar surface area (TPSA) is 93.3 Å². The molecule has 6 nitrogen and oxygen atoms in total. The minimum atomic E-state index is -4.75. The SMILES string of the molecule is O=C(c1ccccc1)C1(S(=O)(=O)C2(C(=O)c3ccccc3)OC2c2ccccc2)OC1c1ccccc1. The number of hydrogen-bond acceptors (Lipinski definition) is 6. The Hall–Kier alpha value is -3.91. The van der Waals surface area contributed by atoms with E-state index < -0.39 is 43.5 Å². The van der Waals surface area contributed by atoms with Crippen molar-refractivity contribution in [2.24, 2.45) is 0 Å². The molecule has 0 bridgehead atoms. The molecule has 4 unspecified atom stereocenters. The predicted octanol–water partition coefficient (Wildman–Crippen LogP) is 5.10. The summed E-state index contributed by atoms with van der Waals surface area (Å²) in [7, 11) is -4.75. The molecule has 2 heterocycles. The summed E-state index contributed by atoms with van der Waals surface area (Å²) in [5, 5.41) is 0. The van der Waals surface area contributed by atoms with Gasteiger partial charge in [0.2, 0.25) is 21.4 Å². The Morgan fingerprint density at radius 1 is 0.514 bits per heavy atom. The average Bonchev–Trinajstić information content (AvgIpc) is 3.88. The quantitative estimate of drug-likeness (QED) is 0.242. The van der Waals surface area contributed by atoms with Gasteiger partial charge in [0.1, 0.15) is 12.2 Å². The van der Waals surface area contributed by atoms with Crippen LogP contribution in [0.5, 0.6) is 0 Å². The summed E-state index contributed by atoms with van der Waals surface area (Å²) in [5.41, 5.74) is 1.39. The number of ether oxygens (including phenoxy) is 2. The summed E-state index contributed by atoms with van der Waals surface area (Å²) in [6.45, 7) is 0. The number of benzene rings is 4. The van der Waals surface area contributed by atoms with Gasteiger partial charge in [-0.25, -0.2) is 8.42 Å². The molecule has 37 heavy (non-hydrogen) atoms. The van der Waals surface area contributed by atoms with Crippen molar-refractivity contribution >= 4 is 21.4 Å². The lowest BCUT2D eigenvalue weighted by molar-refractivity contribution is 0.0910. The Morgan fingerprint density at radius 2 is 0.811 bits per heavy atom. The van der Waals surface area contributed by atoms with Crippen LogP contribution in [0.15, 0.2) is 121 Å². The molecule has 0 saturated carbocycles. The van der Waals surface area contributed by atoms with Gasteiger partial charge in [0.25, 0.3) is 9.87 Å². The second-order valence-corrected chi connectivity index (χ2v) is 11.3. The van der Waals surface area contributed by atoms with Crippen molar-refractivity contribution in [3.8, 4) is 0 Å². The van der Waals surface area contributed by atoms with E-state index in [-0.39, 0.29) is 11.1 Å². The van der Waals surface area contributed by atoms with E-state index in [9.17, 15) is 18.0 Å². The van der Waals surface area contributed by atoms with Gasteiger partial charge in [0.15, 0.2) is 0 Å². The number of Topliss-reactive ketones (excluding diaryl/α,β-unsaturated/α-hetero) is 2. The second-order valence-electron chi connectivity index (χ2n) is 9.05. The van der Waals surface area contributed by atoms with Gasteiger partial charge in [-0.15, -0.1) is 0 Å². The third-order valence-electron chi connectivity index (χ3n) is 6.87. The molecule has 0 spiro atoms. The molecular weight excluding hydrogens is 488 g/mol. The minimum absolute atomic E-state index is 0.170. The molecule has 0 radical (unpaired) electrons. The normalized spacial score (nSPS) is 26.3. The first kappa shape index (κ1) is 23.5. The zero-order chi connectivity index (χ0) is 25.7. The fourth-order valence-electron chi connectivity index (χ4n) is 4.92.